The number of morpholine rings is 1. The molecule has 1 fully saturated rings. The predicted molar refractivity (Wildman–Crippen MR) is 120 cm³/mol. The monoisotopic (exact) mass is 470 g/mol. The Hall–Kier alpha value is -3.52. The molecule has 10 nitrogen and oxygen atoms in total. The van der Waals surface area contributed by atoms with Gasteiger partial charge in [0.15, 0.2) is 17.3 Å². The van der Waals surface area contributed by atoms with Crippen molar-refractivity contribution in [2.24, 2.45) is 5.73 Å². The minimum atomic E-state index is -0.806. The summed E-state index contributed by atoms with van der Waals surface area (Å²) in [7, 11) is 0. The number of fused-ring (bicyclic) bond motifs is 1. The quantitative estimate of drug-likeness (QED) is 0.488. The molecule has 0 saturated carbocycles. The summed E-state index contributed by atoms with van der Waals surface area (Å²) in [5, 5.41) is 19.3. The minimum absolute atomic E-state index is 0.0608. The summed E-state index contributed by atoms with van der Waals surface area (Å²) in [6.45, 7) is 6.58. The molecular formula is C24H28N3O7+. The third-order valence-corrected chi connectivity index (χ3v) is 5.80. The van der Waals surface area contributed by atoms with Crippen molar-refractivity contribution >= 4 is 0 Å². The van der Waals surface area contributed by atoms with Gasteiger partial charge in [-0.05, 0) is 24.6 Å². The molecule has 2 aromatic rings. The maximum absolute atomic E-state index is 12.5. The fraction of sp³-hybridized carbons (Fsp3) is 0.417. The van der Waals surface area contributed by atoms with Crippen molar-refractivity contribution in [3.8, 4) is 23.3 Å². The second-order valence-electron chi connectivity index (χ2n) is 7.95. The van der Waals surface area contributed by atoms with E-state index in [1.54, 1.807) is 18.2 Å². The van der Waals surface area contributed by atoms with Gasteiger partial charge in [0, 0.05) is 6.07 Å². The molecule has 10 heteroatoms. The van der Waals surface area contributed by atoms with Crippen LogP contribution in [0, 0.1) is 11.3 Å². The van der Waals surface area contributed by atoms with E-state index in [1.807, 2.05) is 6.92 Å². The van der Waals surface area contributed by atoms with Gasteiger partial charge in [-0.2, -0.15) is 5.26 Å². The van der Waals surface area contributed by atoms with Crippen LogP contribution in [0.1, 0.15) is 29.9 Å². The van der Waals surface area contributed by atoms with Crippen LogP contribution in [0.15, 0.2) is 44.9 Å². The lowest BCUT2D eigenvalue weighted by molar-refractivity contribution is -0.908. The molecule has 1 saturated heterocycles. The molecule has 0 radical (unpaired) electrons. The van der Waals surface area contributed by atoms with Crippen LogP contribution in [0.4, 0.5) is 0 Å². The lowest BCUT2D eigenvalue weighted by Crippen LogP contribution is -3.14. The predicted octanol–water partition coefficient (Wildman–Crippen LogP) is 0.0429. The smallest absolute Gasteiger partial charge is 0.228 e. The molecular weight excluding hydrogens is 442 g/mol. The van der Waals surface area contributed by atoms with Crippen molar-refractivity contribution in [2.45, 2.75) is 19.4 Å². The first-order valence-corrected chi connectivity index (χ1v) is 11.2. The molecule has 4 rings (SSSR count). The Morgan fingerprint density at radius 3 is 2.74 bits per heavy atom. The lowest BCUT2D eigenvalue weighted by atomic mass is 9.87. The van der Waals surface area contributed by atoms with Crippen LogP contribution in [0.2, 0.25) is 0 Å². The Kier molecular flexibility index (Phi) is 7.37. The van der Waals surface area contributed by atoms with E-state index in [9.17, 15) is 15.2 Å². The third-order valence-electron chi connectivity index (χ3n) is 5.80. The van der Waals surface area contributed by atoms with E-state index in [0.717, 1.165) is 38.9 Å². The number of allylic oxidation sites excluding steroid dienone is 1. The number of aliphatic hydroxyl groups excluding tert-OH is 1. The molecule has 0 amide bonds. The summed E-state index contributed by atoms with van der Waals surface area (Å²) in [6.07, 6.45) is 0. The number of ether oxygens (including phenoxy) is 4. The summed E-state index contributed by atoms with van der Waals surface area (Å²) < 4.78 is 28.4. The van der Waals surface area contributed by atoms with Gasteiger partial charge in [0.05, 0.1) is 25.7 Å². The van der Waals surface area contributed by atoms with Crippen LogP contribution in [-0.4, -0.2) is 51.2 Å². The van der Waals surface area contributed by atoms with Gasteiger partial charge >= 0.3 is 0 Å². The van der Waals surface area contributed by atoms with Crippen molar-refractivity contribution in [3.05, 3.63) is 63.0 Å². The average molecular weight is 471 g/mol. The van der Waals surface area contributed by atoms with Crippen LogP contribution in [0.25, 0.3) is 0 Å². The number of rotatable bonds is 8. The zero-order valence-electron chi connectivity index (χ0n) is 19.0. The van der Waals surface area contributed by atoms with Crippen LogP contribution in [0.3, 0.4) is 0 Å². The van der Waals surface area contributed by atoms with Crippen LogP contribution in [0.5, 0.6) is 17.2 Å². The van der Waals surface area contributed by atoms with Crippen LogP contribution < -0.4 is 30.3 Å². The number of nitrogens with zero attached hydrogens (tertiary/aromatic N) is 1. The van der Waals surface area contributed by atoms with E-state index in [2.05, 4.69) is 6.07 Å². The summed E-state index contributed by atoms with van der Waals surface area (Å²) in [5.74, 6) is 0.161. The zero-order chi connectivity index (χ0) is 24.1. The van der Waals surface area contributed by atoms with Gasteiger partial charge in [-0.25, -0.2) is 0 Å². The first kappa shape index (κ1) is 23.6. The molecule has 4 N–H and O–H groups in total. The standard InChI is InChI=1S/C24H27N3O7/c1-2-31-20-11-15(3-4-19(20)32-10-7-27-5-8-30-9-6-27)21-17(13-25)24(26)34-22-18(29)12-16(14-28)33-23(21)22/h3-4,11-12,21,28H,2,5-10,14,26H2,1H3/p+1/t21-/m1/s1. The topological polar surface area (TPSA) is 142 Å². The second kappa shape index (κ2) is 10.6. The highest BCUT2D eigenvalue weighted by molar-refractivity contribution is 5.55. The number of nitriles is 1. The summed E-state index contributed by atoms with van der Waals surface area (Å²) in [5.41, 5.74) is 6.18. The molecule has 3 heterocycles. The van der Waals surface area contributed by atoms with Crippen LogP contribution >= 0.6 is 0 Å². The Morgan fingerprint density at radius 2 is 2.03 bits per heavy atom. The number of quaternary nitrogens is 1. The minimum Gasteiger partial charge on any atom is -0.490 e. The van der Waals surface area contributed by atoms with E-state index >= 15 is 0 Å². The average Bonchev–Trinajstić information content (AvgIpc) is 2.85. The lowest BCUT2D eigenvalue weighted by Gasteiger charge is -2.26. The largest absolute Gasteiger partial charge is 0.490 e. The highest BCUT2D eigenvalue weighted by Crippen LogP contribution is 2.43. The molecule has 2 aliphatic rings. The van der Waals surface area contributed by atoms with Crippen molar-refractivity contribution in [3.63, 3.8) is 0 Å². The highest BCUT2D eigenvalue weighted by atomic mass is 16.5. The van der Waals surface area contributed by atoms with Crippen LogP contribution in [-0.2, 0) is 11.3 Å². The maximum Gasteiger partial charge on any atom is 0.228 e. The molecule has 0 bridgehead atoms. The van der Waals surface area contributed by atoms with E-state index in [0.29, 0.717) is 30.3 Å². The van der Waals surface area contributed by atoms with E-state index in [-0.39, 0.29) is 28.7 Å². The van der Waals surface area contributed by atoms with Gasteiger partial charge in [0.2, 0.25) is 17.1 Å². The molecule has 0 spiro atoms. The van der Waals surface area contributed by atoms with Gasteiger partial charge in [-0.1, -0.05) is 6.07 Å². The summed E-state index contributed by atoms with van der Waals surface area (Å²) >= 11 is 0. The number of nitrogens with two attached hydrogens (primary N) is 1. The Morgan fingerprint density at radius 1 is 1.24 bits per heavy atom. The van der Waals surface area contributed by atoms with Gasteiger partial charge in [0.25, 0.3) is 0 Å². The van der Waals surface area contributed by atoms with Gasteiger partial charge in [-0.3, -0.25) is 4.79 Å². The Balaban J connectivity index is 1.66. The highest BCUT2D eigenvalue weighted by Gasteiger charge is 2.35. The van der Waals surface area contributed by atoms with Crippen molar-refractivity contribution < 1.29 is 33.4 Å². The Bertz CT molecular complexity index is 1160. The fourth-order valence-corrected chi connectivity index (χ4v) is 4.10. The number of benzene rings is 1. The second-order valence-corrected chi connectivity index (χ2v) is 7.95. The molecule has 0 aliphatic carbocycles. The molecule has 1 atom stereocenters. The molecule has 1 aromatic heterocycles. The normalized spacial score (nSPS) is 18.1. The number of nitrogens with one attached hydrogen (secondary N) is 1. The number of hydrogen-bond acceptors (Lipinski definition) is 9. The molecule has 180 valence electrons. The maximum atomic E-state index is 12.5. The van der Waals surface area contributed by atoms with Crippen molar-refractivity contribution in [1.82, 2.24) is 0 Å². The summed E-state index contributed by atoms with van der Waals surface area (Å²) in [6, 6.07) is 8.48. The van der Waals surface area contributed by atoms with Crippen molar-refractivity contribution in [2.75, 3.05) is 46.1 Å². The summed E-state index contributed by atoms with van der Waals surface area (Å²) in [4.78, 5) is 13.9. The Labute approximate surface area is 196 Å². The SMILES string of the molecule is CCOc1cc([C@@H]2C(C#N)=C(N)Oc3c2oc(CO)cc3=O)ccc1OCC[NH+]1CCOCC1. The van der Waals surface area contributed by atoms with E-state index in [1.165, 1.54) is 4.90 Å². The van der Waals surface area contributed by atoms with Gasteiger partial charge in [-0.15, -0.1) is 0 Å². The first-order valence-electron chi connectivity index (χ1n) is 11.2. The van der Waals surface area contributed by atoms with E-state index in [4.69, 9.17) is 29.1 Å². The molecule has 1 aromatic carbocycles. The molecule has 34 heavy (non-hydrogen) atoms. The van der Waals surface area contributed by atoms with Gasteiger partial charge < -0.3 is 39.1 Å². The van der Waals surface area contributed by atoms with E-state index < -0.39 is 18.0 Å². The molecule has 0 unspecified atom stereocenters. The third kappa shape index (κ3) is 4.87. The number of hydrogen-bond donors (Lipinski definition) is 3. The van der Waals surface area contributed by atoms with Crippen molar-refractivity contribution in [1.29, 1.82) is 5.26 Å². The number of aliphatic hydroxyl groups is 1. The first-order chi connectivity index (χ1) is 16.5. The van der Waals surface area contributed by atoms with Gasteiger partial charge in [0.1, 0.15) is 50.3 Å². The zero-order valence-corrected chi connectivity index (χ0v) is 19.0. The molecule has 2 aliphatic heterocycles. The fourth-order valence-electron chi connectivity index (χ4n) is 4.10.